The molecule has 0 radical (unpaired) electrons. The Labute approximate surface area is 101 Å². The molecule has 0 amide bonds. The minimum absolute atomic E-state index is 0.0258. The van der Waals surface area contributed by atoms with Crippen molar-refractivity contribution in [2.24, 2.45) is 5.73 Å². The molecular formula is C13H19NO3. The van der Waals surface area contributed by atoms with E-state index in [1.54, 1.807) is 12.1 Å². The van der Waals surface area contributed by atoms with E-state index in [1.807, 2.05) is 6.92 Å². The quantitative estimate of drug-likeness (QED) is 0.519. The highest BCUT2D eigenvalue weighted by Crippen LogP contribution is 2.29. The summed E-state index contributed by atoms with van der Waals surface area (Å²) in [5.74, 6) is -0.0258. The number of hydrogen-bond donors (Lipinski definition) is 3. The summed E-state index contributed by atoms with van der Waals surface area (Å²) in [5.41, 5.74) is 7.75. The van der Waals surface area contributed by atoms with Crippen molar-refractivity contribution in [3.8, 4) is 5.75 Å². The largest absolute Gasteiger partial charge is 0.507 e. The van der Waals surface area contributed by atoms with Gasteiger partial charge in [0.1, 0.15) is 5.75 Å². The molecule has 0 aliphatic carbocycles. The fourth-order valence-corrected chi connectivity index (χ4v) is 1.84. The second kappa shape index (κ2) is 6.37. The number of hydrogen-bond acceptors (Lipinski definition) is 4. The monoisotopic (exact) mass is 237 g/mol. The van der Waals surface area contributed by atoms with Gasteiger partial charge in [-0.3, -0.25) is 4.79 Å². The van der Waals surface area contributed by atoms with Crippen molar-refractivity contribution in [3.63, 3.8) is 0 Å². The lowest BCUT2D eigenvalue weighted by atomic mass is 9.96. The zero-order chi connectivity index (χ0) is 12.8. The van der Waals surface area contributed by atoms with Crippen LogP contribution in [-0.4, -0.2) is 23.1 Å². The van der Waals surface area contributed by atoms with Crippen LogP contribution in [0.4, 0.5) is 0 Å². The van der Waals surface area contributed by atoms with Gasteiger partial charge in [0.05, 0.1) is 5.56 Å². The lowest BCUT2D eigenvalue weighted by Crippen LogP contribution is -2.11. The first kappa shape index (κ1) is 13.7. The molecule has 1 atom stereocenters. The summed E-state index contributed by atoms with van der Waals surface area (Å²) < 4.78 is 0. The summed E-state index contributed by atoms with van der Waals surface area (Å²) in [5, 5.41) is 18.6. The number of aldehydes is 1. The van der Waals surface area contributed by atoms with Crippen molar-refractivity contribution in [1.82, 2.24) is 0 Å². The van der Waals surface area contributed by atoms with E-state index in [0.29, 0.717) is 24.7 Å². The van der Waals surface area contributed by atoms with Gasteiger partial charge in [-0.25, -0.2) is 0 Å². The fourth-order valence-electron chi connectivity index (χ4n) is 1.84. The third kappa shape index (κ3) is 3.54. The molecule has 0 heterocycles. The van der Waals surface area contributed by atoms with Gasteiger partial charge >= 0.3 is 0 Å². The van der Waals surface area contributed by atoms with Crippen LogP contribution in [0.15, 0.2) is 12.1 Å². The van der Waals surface area contributed by atoms with Gasteiger partial charge in [0.2, 0.25) is 0 Å². The smallest absolute Gasteiger partial charge is 0.153 e. The van der Waals surface area contributed by atoms with Crippen molar-refractivity contribution >= 4 is 6.29 Å². The molecule has 0 fully saturated rings. The summed E-state index contributed by atoms with van der Waals surface area (Å²) >= 11 is 0. The molecule has 1 aromatic rings. The highest BCUT2D eigenvalue weighted by Gasteiger charge is 2.14. The van der Waals surface area contributed by atoms with Gasteiger partial charge in [-0.15, -0.1) is 0 Å². The predicted molar refractivity (Wildman–Crippen MR) is 66.1 cm³/mol. The van der Waals surface area contributed by atoms with Gasteiger partial charge in [-0.05, 0) is 37.8 Å². The highest BCUT2D eigenvalue weighted by atomic mass is 16.3. The van der Waals surface area contributed by atoms with Gasteiger partial charge < -0.3 is 15.9 Å². The topological polar surface area (TPSA) is 83.5 Å². The molecule has 0 saturated heterocycles. The van der Waals surface area contributed by atoms with Crippen molar-refractivity contribution < 1.29 is 15.0 Å². The first-order valence-corrected chi connectivity index (χ1v) is 5.75. The molecule has 0 unspecified atom stereocenters. The number of phenolic OH excluding ortho intramolecular Hbond substituents is 1. The third-order valence-electron chi connectivity index (χ3n) is 2.76. The van der Waals surface area contributed by atoms with E-state index in [2.05, 4.69) is 0 Å². The number of carbonyl (C=O) groups is 1. The zero-order valence-corrected chi connectivity index (χ0v) is 10.0. The minimum atomic E-state index is -0.305. The molecule has 94 valence electrons. The Kier molecular flexibility index (Phi) is 5.12. The van der Waals surface area contributed by atoms with Crippen molar-refractivity contribution in [2.45, 2.75) is 32.2 Å². The molecule has 0 spiro atoms. The standard InChI is InChI=1S/C13H19NO3/c1-9-6-10(8-16)13(17)11(7-9)12(14)4-2-3-5-15/h6-8,12,15,17H,2-5,14H2,1H3/t12-/m1/s1. The van der Waals surface area contributed by atoms with Crippen molar-refractivity contribution in [2.75, 3.05) is 6.61 Å². The summed E-state index contributed by atoms with van der Waals surface area (Å²) in [6, 6.07) is 3.12. The van der Waals surface area contributed by atoms with Gasteiger partial charge in [0.15, 0.2) is 6.29 Å². The van der Waals surface area contributed by atoms with Crippen LogP contribution in [0, 0.1) is 6.92 Å². The second-order valence-electron chi connectivity index (χ2n) is 4.24. The summed E-state index contributed by atoms with van der Waals surface area (Å²) in [6.45, 7) is 2.00. The van der Waals surface area contributed by atoms with Gasteiger partial charge in [0, 0.05) is 18.2 Å². The molecule has 1 rings (SSSR count). The second-order valence-corrected chi connectivity index (χ2v) is 4.24. The van der Waals surface area contributed by atoms with Gasteiger partial charge in [-0.2, -0.15) is 0 Å². The fraction of sp³-hybridized carbons (Fsp3) is 0.462. The molecule has 4 nitrogen and oxygen atoms in total. The van der Waals surface area contributed by atoms with E-state index in [9.17, 15) is 9.90 Å². The van der Waals surface area contributed by atoms with E-state index in [4.69, 9.17) is 10.8 Å². The van der Waals surface area contributed by atoms with Gasteiger partial charge in [-0.1, -0.05) is 6.07 Å². The maximum Gasteiger partial charge on any atom is 0.153 e. The molecule has 0 aliphatic rings. The van der Waals surface area contributed by atoms with Crippen LogP contribution < -0.4 is 5.73 Å². The minimum Gasteiger partial charge on any atom is -0.507 e. The molecule has 4 heteroatoms. The van der Waals surface area contributed by atoms with Gasteiger partial charge in [0.25, 0.3) is 0 Å². The first-order valence-electron chi connectivity index (χ1n) is 5.75. The Morgan fingerprint density at radius 1 is 1.41 bits per heavy atom. The maximum atomic E-state index is 10.8. The Morgan fingerprint density at radius 2 is 2.12 bits per heavy atom. The summed E-state index contributed by atoms with van der Waals surface area (Å²) in [6.07, 6.45) is 2.80. The average Bonchev–Trinajstić information content (AvgIpc) is 2.31. The number of aliphatic hydroxyl groups excluding tert-OH is 1. The number of aryl methyl sites for hydroxylation is 1. The Balaban J connectivity index is 2.88. The maximum absolute atomic E-state index is 10.8. The Hall–Kier alpha value is -1.39. The van der Waals surface area contributed by atoms with Crippen LogP contribution >= 0.6 is 0 Å². The molecule has 0 bridgehead atoms. The van der Waals surface area contributed by atoms with Crippen LogP contribution in [0.1, 0.15) is 46.8 Å². The molecule has 0 aliphatic heterocycles. The number of carbonyl (C=O) groups excluding carboxylic acids is 1. The highest BCUT2D eigenvalue weighted by molar-refractivity contribution is 5.80. The lowest BCUT2D eigenvalue weighted by Gasteiger charge is -2.15. The number of rotatable bonds is 6. The normalized spacial score (nSPS) is 12.4. The van der Waals surface area contributed by atoms with Crippen molar-refractivity contribution in [1.29, 1.82) is 0 Å². The van der Waals surface area contributed by atoms with Crippen LogP contribution in [0.2, 0.25) is 0 Å². The number of aliphatic hydroxyl groups is 1. The number of nitrogens with two attached hydrogens (primary N) is 1. The molecule has 17 heavy (non-hydrogen) atoms. The van der Waals surface area contributed by atoms with Crippen LogP contribution in [0.5, 0.6) is 5.75 Å². The van der Waals surface area contributed by atoms with Crippen LogP contribution in [-0.2, 0) is 0 Å². The summed E-state index contributed by atoms with van der Waals surface area (Å²) in [4.78, 5) is 10.8. The molecule has 0 aromatic heterocycles. The number of phenols is 1. The number of benzene rings is 1. The number of unbranched alkanes of at least 4 members (excludes halogenated alkanes) is 1. The predicted octanol–water partition coefficient (Wildman–Crippen LogP) is 1.68. The Bertz CT molecular complexity index is 390. The molecule has 1 aromatic carbocycles. The lowest BCUT2D eigenvalue weighted by molar-refractivity contribution is 0.112. The summed E-state index contributed by atoms with van der Waals surface area (Å²) in [7, 11) is 0. The van der Waals surface area contributed by atoms with Crippen LogP contribution in [0.25, 0.3) is 0 Å². The molecular weight excluding hydrogens is 218 g/mol. The van der Waals surface area contributed by atoms with E-state index in [-0.39, 0.29) is 24.0 Å². The molecule has 0 saturated carbocycles. The van der Waals surface area contributed by atoms with Crippen LogP contribution in [0.3, 0.4) is 0 Å². The Morgan fingerprint density at radius 3 is 2.71 bits per heavy atom. The molecule has 4 N–H and O–H groups in total. The first-order chi connectivity index (χ1) is 8.10. The van der Waals surface area contributed by atoms with E-state index < -0.39 is 0 Å². The zero-order valence-electron chi connectivity index (χ0n) is 10.0. The average molecular weight is 237 g/mol. The van der Waals surface area contributed by atoms with Crippen molar-refractivity contribution in [3.05, 3.63) is 28.8 Å². The van der Waals surface area contributed by atoms with E-state index >= 15 is 0 Å². The SMILES string of the molecule is Cc1cc(C=O)c(O)c([C@H](N)CCCCO)c1. The third-order valence-corrected chi connectivity index (χ3v) is 2.76. The van der Waals surface area contributed by atoms with E-state index in [0.717, 1.165) is 12.0 Å². The van der Waals surface area contributed by atoms with E-state index in [1.165, 1.54) is 0 Å². The number of aromatic hydroxyl groups is 1.